The van der Waals surface area contributed by atoms with Gasteiger partial charge in [-0.1, -0.05) is 6.92 Å². The Morgan fingerprint density at radius 2 is 2.36 bits per heavy atom. The van der Waals surface area contributed by atoms with E-state index in [9.17, 15) is 4.79 Å². The van der Waals surface area contributed by atoms with Crippen molar-refractivity contribution in [3.8, 4) is 0 Å². The number of methoxy groups -OCH3 is 1. The number of carbonyl (C=O) groups is 1. The van der Waals surface area contributed by atoms with E-state index in [-0.39, 0.29) is 11.9 Å². The second kappa shape index (κ2) is 3.72. The summed E-state index contributed by atoms with van der Waals surface area (Å²) in [6, 6.07) is 0.669. The highest BCUT2D eigenvalue weighted by Gasteiger charge is 2.22. The van der Waals surface area contributed by atoms with Crippen molar-refractivity contribution in [2.45, 2.75) is 25.8 Å². The number of hydrogen-bond donors (Lipinski definition) is 1. The van der Waals surface area contributed by atoms with Gasteiger partial charge in [0.1, 0.15) is 0 Å². The van der Waals surface area contributed by atoms with Crippen molar-refractivity contribution in [2.75, 3.05) is 13.7 Å². The van der Waals surface area contributed by atoms with E-state index in [0.29, 0.717) is 6.04 Å². The van der Waals surface area contributed by atoms with Crippen molar-refractivity contribution < 1.29 is 9.53 Å². The quantitative estimate of drug-likeness (QED) is 0.605. The molecule has 1 fully saturated rings. The summed E-state index contributed by atoms with van der Waals surface area (Å²) in [5, 5.41) is 3.27. The average molecular weight is 157 g/mol. The lowest BCUT2D eigenvalue weighted by molar-refractivity contribution is -0.144. The third-order valence-electron chi connectivity index (χ3n) is 1.89. The van der Waals surface area contributed by atoms with Gasteiger partial charge >= 0.3 is 5.97 Å². The molecule has 64 valence electrons. The van der Waals surface area contributed by atoms with Crippen molar-refractivity contribution in [2.24, 2.45) is 5.92 Å². The van der Waals surface area contributed by atoms with E-state index in [0.717, 1.165) is 6.54 Å². The molecule has 0 saturated heterocycles. The molecule has 0 aromatic rings. The van der Waals surface area contributed by atoms with Crippen molar-refractivity contribution in [3.63, 3.8) is 0 Å². The van der Waals surface area contributed by atoms with Crippen LogP contribution in [0.1, 0.15) is 19.8 Å². The van der Waals surface area contributed by atoms with Crippen LogP contribution in [0.4, 0.5) is 0 Å². The second-order valence-electron chi connectivity index (χ2n) is 3.11. The molecule has 1 N–H and O–H groups in total. The zero-order valence-electron chi connectivity index (χ0n) is 7.09. The fourth-order valence-electron chi connectivity index (χ4n) is 0.915. The van der Waals surface area contributed by atoms with Crippen molar-refractivity contribution in [1.29, 1.82) is 0 Å². The first-order valence-corrected chi connectivity index (χ1v) is 4.05. The van der Waals surface area contributed by atoms with Gasteiger partial charge in [0.05, 0.1) is 13.0 Å². The van der Waals surface area contributed by atoms with Crippen LogP contribution in [0.5, 0.6) is 0 Å². The molecule has 0 aromatic heterocycles. The molecule has 0 radical (unpaired) electrons. The van der Waals surface area contributed by atoms with Gasteiger partial charge in [0.25, 0.3) is 0 Å². The first kappa shape index (κ1) is 8.53. The van der Waals surface area contributed by atoms with Gasteiger partial charge in [-0.25, -0.2) is 0 Å². The summed E-state index contributed by atoms with van der Waals surface area (Å²) in [5.41, 5.74) is 0. The number of ether oxygens (including phenoxy) is 1. The third-order valence-corrected chi connectivity index (χ3v) is 1.89. The molecular weight excluding hydrogens is 142 g/mol. The van der Waals surface area contributed by atoms with Crippen LogP contribution in [-0.4, -0.2) is 25.7 Å². The van der Waals surface area contributed by atoms with E-state index in [2.05, 4.69) is 10.1 Å². The Hall–Kier alpha value is -0.570. The van der Waals surface area contributed by atoms with Gasteiger partial charge in [-0.15, -0.1) is 0 Å². The number of hydrogen-bond acceptors (Lipinski definition) is 3. The van der Waals surface area contributed by atoms with Crippen LogP contribution in [0, 0.1) is 5.92 Å². The number of rotatable bonds is 4. The summed E-state index contributed by atoms with van der Waals surface area (Å²) >= 11 is 0. The van der Waals surface area contributed by atoms with Gasteiger partial charge in [-0.2, -0.15) is 0 Å². The van der Waals surface area contributed by atoms with E-state index in [4.69, 9.17) is 0 Å². The molecule has 0 aliphatic heterocycles. The van der Waals surface area contributed by atoms with E-state index in [1.165, 1.54) is 20.0 Å². The molecule has 1 atom stereocenters. The Kier molecular flexibility index (Phi) is 2.88. The van der Waals surface area contributed by atoms with E-state index < -0.39 is 0 Å². The van der Waals surface area contributed by atoms with Gasteiger partial charge < -0.3 is 10.1 Å². The smallest absolute Gasteiger partial charge is 0.309 e. The summed E-state index contributed by atoms with van der Waals surface area (Å²) < 4.78 is 4.59. The summed E-state index contributed by atoms with van der Waals surface area (Å²) in [6.45, 7) is 2.62. The SMILES string of the molecule is COC(=O)C(C)CNC1CC1. The molecule has 3 heteroatoms. The molecule has 3 nitrogen and oxygen atoms in total. The Bertz CT molecular complexity index is 143. The standard InChI is InChI=1S/C8H15NO2/c1-6(8(10)11-2)5-9-7-3-4-7/h6-7,9H,3-5H2,1-2H3. The molecule has 0 spiro atoms. The highest BCUT2D eigenvalue weighted by Crippen LogP contribution is 2.18. The lowest BCUT2D eigenvalue weighted by atomic mass is 10.2. The molecular formula is C8H15NO2. The Morgan fingerprint density at radius 3 is 2.82 bits per heavy atom. The third kappa shape index (κ3) is 2.89. The van der Waals surface area contributed by atoms with Gasteiger partial charge in [0.2, 0.25) is 0 Å². The first-order valence-electron chi connectivity index (χ1n) is 4.05. The molecule has 1 unspecified atom stereocenters. The largest absolute Gasteiger partial charge is 0.469 e. The highest BCUT2D eigenvalue weighted by molar-refractivity contribution is 5.72. The first-order chi connectivity index (χ1) is 5.24. The van der Waals surface area contributed by atoms with Crippen molar-refractivity contribution in [3.05, 3.63) is 0 Å². The molecule has 0 aromatic carbocycles. The van der Waals surface area contributed by atoms with Gasteiger partial charge in [-0.3, -0.25) is 4.79 Å². The minimum atomic E-state index is -0.127. The Morgan fingerprint density at radius 1 is 1.73 bits per heavy atom. The van der Waals surface area contributed by atoms with Gasteiger partial charge in [-0.05, 0) is 12.8 Å². The summed E-state index contributed by atoms with van der Waals surface area (Å²) in [6.07, 6.45) is 2.52. The zero-order chi connectivity index (χ0) is 8.27. The van der Waals surface area contributed by atoms with E-state index in [1.807, 2.05) is 6.92 Å². The number of esters is 1. The molecule has 0 amide bonds. The molecule has 0 bridgehead atoms. The summed E-state index contributed by atoms with van der Waals surface area (Å²) in [7, 11) is 1.43. The highest BCUT2D eigenvalue weighted by atomic mass is 16.5. The predicted octanol–water partition coefficient (Wildman–Crippen LogP) is 0.547. The minimum absolute atomic E-state index is 0.0133. The Labute approximate surface area is 67.1 Å². The maximum atomic E-state index is 10.9. The van der Waals surface area contributed by atoms with Crippen LogP contribution in [0.25, 0.3) is 0 Å². The van der Waals surface area contributed by atoms with Crippen LogP contribution < -0.4 is 5.32 Å². The summed E-state index contributed by atoms with van der Waals surface area (Å²) in [5.74, 6) is -0.140. The van der Waals surface area contributed by atoms with E-state index in [1.54, 1.807) is 0 Å². The van der Waals surface area contributed by atoms with Crippen LogP contribution in [-0.2, 0) is 9.53 Å². The normalized spacial score (nSPS) is 19.5. The van der Waals surface area contributed by atoms with Crippen LogP contribution in [0.2, 0.25) is 0 Å². The van der Waals surface area contributed by atoms with Crippen LogP contribution in [0.15, 0.2) is 0 Å². The zero-order valence-corrected chi connectivity index (χ0v) is 7.09. The lowest BCUT2D eigenvalue weighted by Gasteiger charge is -2.08. The second-order valence-corrected chi connectivity index (χ2v) is 3.11. The van der Waals surface area contributed by atoms with Crippen LogP contribution in [0.3, 0.4) is 0 Å². The maximum absolute atomic E-state index is 10.9. The average Bonchev–Trinajstić information content (AvgIpc) is 2.81. The van der Waals surface area contributed by atoms with Crippen molar-refractivity contribution in [1.82, 2.24) is 5.32 Å². The molecule has 1 aliphatic carbocycles. The molecule has 1 aliphatic rings. The number of carbonyl (C=O) groups excluding carboxylic acids is 1. The fraction of sp³-hybridized carbons (Fsp3) is 0.875. The Balaban J connectivity index is 2.08. The van der Waals surface area contributed by atoms with Gasteiger partial charge in [0.15, 0.2) is 0 Å². The molecule has 0 heterocycles. The van der Waals surface area contributed by atoms with Gasteiger partial charge in [0, 0.05) is 12.6 Å². The topological polar surface area (TPSA) is 38.3 Å². The maximum Gasteiger partial charge on any atom is 0.309 e. The van der Waals surface area contributed by atoms with Crippen molar-refractivity contribution >= 4 is 5.97 Å². The predicted molar refractivity (Wildman–Crippen MR) is 42.2 cm³/mol. The van der Waals surface area contributed by atoms with E-state index >= 15 is 0 Å². The lowest BCUT2D eigenvalue weighted by Crippen LogP contribution is -2.28. The van der Waals surface area contributed by atoms with Crippen LogP contribution >= 0.6 is 0 Å². The summed E-state index contributed by atoms with van der Waals surface area (Å²) in [4.78, 5) is 10.9. The molecule has 1 rings (SSSR count). The molecule has 1 saturated carbocycles. The monoisotopic (exact) mass is 157 g/mol. The molecule has 11 heavy (non-hydrogen) atoms. The fourth-order valence-corrected chi connectivity index (χ4v) is 0.915. The minimum Gasteiger partial charge on any atom is -0.469 e. The number of nitrogens with one attached hydrogen (secondary N) is 1.